The fourth-order valence-corrected chi connectivity index (χ4v) is 3.47. The molecular weight excluding hydrogens is 234 g/mol. The molecule has 104 valence electrons. The van der Waals surface area contributed by atoms with Crippen LogP contribution in [0.5, 0.6) is 0 Å². The summed E-state index contributed by atoms with van der Waals surface area (Å²) in [5, 5.41) is 3.53. The number of benzene rings is 1. The number of para-hydroxylation sites is 1. The van der Waals surface area contributed by atoms with Gasteiger partial charge in [0.2, 0.25) is 0 Å². The van der Waals surface area contributed by atoms with E-state index in [0.717, 1.165) is 32.7 Å². The smallest absolute Gasteiger partial charge is 0.0640 e. The molecule has 1 atom stereocenters. The zero-order chi connectivity index (χ0) is 13.4. The normalized spacial score (nSPS) is 22.4. The third kappa shape index (κ3) is 2.10. The van der Waals surface area contributed by atoms with Gasteiger partial charge in [0.1, 0.15) is 0 Å². The van der Waals surface area contributed by atoms with E-state index in [1.165, 1.54) is 16.9 Å². The minimum Gasteiger partial charge on any atom is -0.368 e. The van der Waals surface area contributed by atoms with Gasteiger partial charge in [0, 0.05) is 32.7 Å². The molecule has 0 spiro atoms. The van der Waals surface area contributed by atoms with Gasteiger partial charge >= 0.3 is 0 Å². The molecule has 1 saturated heterocycles. The highest BCUT2D eigenvalue weighted by atomic mass is 15.3. The molecule has 1 fully saturated rings. The molecule has 3 rings (SSSR count). The van der Waals surface area contributed by atoms with Crippen LogP contribution in [0.4, 0.5) is 11.4 Å². The van der Waals surface area contributed by atoms with E-state index >= 15 is 0 Å². The molecule has 1 aromatic rings. The summed E-state index contributed by atoms with van der Waals surface area (Å²) in [7, 11) is 0. The molecule has 1 unspecified atom stereocenters. The molecule has 2 heterocycles. The highest BCUT2D eigenvalue weighted by Gasteiger charge is 2.33. The van der Waals surface area contributed by atoms with Gasteiger partial charge in [-0.15, -0.1) is 0 Å². The number of rotatable bonds is 2. The number of nitrogens with one attached hydrogen (secondary N) is 1. The zero-order valence-electron chi connectivity index (χ0n) is 12.3. The Balaban J connectivity index is 2.09. The standard InChI is InChI=1S/C16H25N3/c1-4-18-11-13-10-17-8-9-19(13)15-7-5-6-14(12(2)3)16(15)18/h5-7,12-13,17H,4,8-11H2,1-3H3. The van der Waals surface area contributed by atoms with Crippen LogP contribution in [0, 0.1) is 0 Å². The summed E-state index contributed by atoms with van der Waals surface area (Å²) in [5.41, 5.74) is 4.43. The van der Waals surface area contributed by atoms with Crippen LogP contribution in [0.3, 0.4) is 0 Å². The van der Waals surface area contributed by atoms with Crippen LogP contribution in [-0.2, 0) is 0 Å². The first-order valence-corrected chi connectivity index (χ1v) is 7.57. The van der Waals surface area contributed by atoms with Crippen molar-refractivity contribution in [3.63, 3.8) is 0 Å². The molecule has 0 saturated carbocycles. The van der Waals surface area contributed by atoms with E-state index in [4.69, 9.17) is 0 Å². The molecule has 1 N–H and O–H groups in total. The maximum Gasteiger partial charge on any atom is 0.0640 e. The molecular formula is C16H25N3. The van der Waals surface area contributed by atoms with Crippen LogP contribution >= 0.6 is 0 Å². The lowest BCUT2D eigenvalue weighted by atomic mass is 9.95. The average molecular weight is 259 g/mol. The van der Waals surface area contributed by atoms with Crippen LogP contribution in [0.2, 0.25) is 0 Å². The van der Waals surface area contributed by atoms with Gasteiger partial charge in [-0.25, -0.2) is 0 Å². The Bertz CT molecular complexity index is 455. The van der Waals surface area contributed by atoms with Gasteiger partial charge in [0.15, 0.2) is 0 Å². The van der Waals surface area contributed by atoms with Gasteiger partial charge < -0.3 is 15.1 Å². The van der Waals surface area contributed by atoms with Crippen molar-refractivity contribution in [2.24, 2.45) is 0 Å². The first-order valence-electron chi connectivity index (χ1n) is 7.57. The van der Waals surface area contributed by atoms with E-state index < -0.39 is 0 Å². The number of hydrogen-bond donors (Lipinski definition) is 1. The summed E-state index contributed by atoms with van der Waals surface area (Å²) in [6.07, 6.45) is 0. The van der Waals surface area contributed by atoms with Gasteiger partial charge in [-0.05, 0) is 24.5 Å². The summed E-state index contributed by atoms with van der Waals surface area (Å²) in [6, 6.07) is 7.46. The van der Waals surface area contributed by atoms with Crippen molar-refractivity contribution >= 4 is 11.4 Å². The van der Waals surface area contributed by atoms with Crippen molar-refractivity contribution in [2.75, 3.05) is 42.5 Å². The van der Waals surface area contributed by atoms with E-state index in [0.29, 0.717) is 12.0 Å². The molecule has 0 aromatic heterocycles. The van der Waals surface area contributed by atoms with E-state index in [1.54, 1.807) is 0 Å². The second-order valence-corrected chi connectivity index (χ2v) is 5.96. The fraction of sp³-hybridized carbons (Fsp3) is 0.625. The van der Waals surface area contributed by atoms with E-state index in [-0.39, 0.29) is 0 Å². The maximum absolute atomic E-state index is 3.53. The van der Waals surface area contributed by atoms with Crippen molar-refractivity contribution in [2.45, 2.75) is 32.7 Å². The van der Waals surface area contributed by atoms with E-state index in [2.05, 4.69) is 54.1 Å². The van der Waals surface area contributed by atoms with E-state index in [1.807, 2.05) is 0 Å². The van der Waals surface area contributed by atoms with Gasteiger partial charge in [-0.3, -0.25) is 0 Å². The Hall–Kier alpha value is -1.22. The van der Waals surface area contributed by atoms with Crippen LogP contribution in [0.1, 0.15) is 32.3 Å². The number of fused-ring (bicyclic) bond motifs is 3. The van der Waals surface area contributed by atoms with Crippen molar-refractivity contribution < 1.29 is 0 Å². The Morgan fingerprint density at radius 2 is 2.21 bits per heavy atom. The van der Waals surface area contributed by atoms with Gasteiger partial charge in [-0.1, -0.05) is 26.0 Å². The minimum absolute atomic E-state index is 0.587. The second kappa shape index (κ2) is 5.04. The van der Waals surface area contributed by atoms with Gasteiger partial charge in [-0.2, -0.15) is 0 Å². The third-order valence-electron chi connectivity index (χ3n) is 4.46. The molecule has 0 aliphatic carbocycles. The number of piperazine rings is 1. The monoisotopic (exact) mass is 259 g/mol. The minimum atomic E-state index is 0.587. The van der Waals surface area contributed by atoms with Crippen LogP contribution in [-0.4, -0.2) is 38.8 Å². The molecule has 2 aliphatic heterocycles. The molecule has 0 radical (unpaired) electrons. The SMILES string of the molecule is CCN1CC2CNCCN2c2cccc(C(C)C)c21. The summed E-state index contributed by atoms with van der Waals surface area (Å²) >= 11 is 0. The number of hydrogen-bond acceptors (Lipinski definition) is 3. The Morgan fingerprint density at radius 3 is 2.95 bits per heavy atom. The molecule has 3 heteroatoms. The van der Waals surface area contributed by atoms with Crippen molar-refractivity contribution in [1.82, 2.24) is 5.32 Å². The highest BCUT2D eigenvalue weighted by molar-refractivity contribution is 5.78. The number of anilines is 2. The van der Waals surface area contributed by atoms with Crippen molar-refractivity contribution in [1.29, 1.82) is 0 Å². The molecule has 0 bridgehead atoms. The quantitative estimate of drug-likeness (QED) is 0.880. The first kappa shape index (κ1) is 12.8. The number of nitrogens with zero attached hydrogens (tertiary/aromatic N) is 2. The molecule has 3 nitrogen and oxygen atoms in total. The van der Waals surface area contributed by atoms with Crippen LogP contribution in [0.25, 0.3) is 0 Å². The number of likely N-dealkylation sites (N-methyl/N-ethyl adjacent to an activating group) is 1. The predicted octanol–water partition coefficient (Wildman–Crippen LogP) is 2.43. The third-order valence-corrected chi connectivity index (χ3v) is 4.46. The Labute approximate surface area is 116 Å². The predicted molar refractivity (Wildman–Crippen MR) is 82.4 cm³/mol. The summed E-state index contributed by atoms with van der Waals surface area (Å²) in [5.74, 6) is 0.587. The maximum atomic E-state index is 3.53. The summed E-state index contributed by atoms with van der Waals surface area (Å²) in [4.78, 5) is 5.18. The van der Waals surface area contributed by atoms with Gasteiger partial charge in [0.05, 0.1) is 17.4 Å². The van der Waals surface area contributed by atoms with Crippen molar-refractivity contribution in [3.8, 4) is 0 Å². The average Bonchev–Trinajstić information content (AvgIpc) is 2.45. The zero-order valence-corrected chi connectivity index (χ0v) is 12.3. The lowest BCUT2D eigenvalue weighted by Gasteiger charge is -2.48. The topological polar surface area (TPSA) is 18.5 Å². The summed E-state index contributed by atoms with van der Waals surface area (Å²) < 4.78 is 0. The lowest BCUT2D eigenvalue weighted by Crippen LogP contribution is -2.59. The highest BCUT2D eigenvalue weighted by Crippen LogP contribution is 2.41. The van der Waals surface area contributed by atoms with Gasteiger partial charge in [0.25, 0.3) is 0 Å². The molecule has 0 amide bonds. The summed E-state index contributed by atoms with van der Waals surface area (Å²) in [6.45, 7) is 12.5. The molecule has 19 heavy (non-hydrogen) atoms. The second-order valence-electron chi connectivity index (χ2n) is 5.96. The lowest BCUT2D eigenvalue weighted by molar-refractivity contribution is 0.460. The fourth-order valence-electron chi connectivity index (χ4n) is 3.47. The van der Waals surface area contributed by atoms with Crippen LogP contribution in [0.15, 0.2) is 18.2 Å². The first-order chi connectivity index (χ1) is 9.22. The Kier molecular flexibility index (Phi) is 3.40. The van der Waals surface area contributed by atoms with Crippen molar-refractivity contribution in [3.05, 3.63) is 23.8 Å². The van der Waals surface area contributed by atoms with Crippen LogP contribution < -0.4 is 15.1 Å². The largest absolute Gasteiger partial charge is 0.368 e. The van der Waals surface area contributed by atoms with E-state index in [9.17, 15) is 0 Å². The molecule has 1 aromatic carbocycles. The Morgan fingerprint density at radius 1 is 1.37 bits per heavy atom. The molecule has 2 aliphatic rings.